The highest BCUT2D eigenvalue weighted by Gasteiger charge is 2.19. The molecule has 5 aromatic rings. The maximum Gasteiger partial charge on any atom is 0.310 e. The minimum atomic E-state index is 0.440. The molecular formula is C30H34N6+2. The molecule has 0 radical (unpaired) electrons. The van der Waals surface area contributed by atoms with E-state index in [4.69, 9.17) is 0 Å². The van der Waals surface area contributed by atoms with Gasteiger partial charge in [-0.2, -0.15) is 0 Å². The van der Waals surface area contributed by atoms with Crippen molar-refractivity contribution in [1.82, 2.24) is 19.3 Å². The van der Waals surface area contributed by atoms with Crippen LogP contribution in [0.3, 0.4) is 0 Å². The van der Waals surface area contributed by atoms with Crippen LogP contribution in [-0.2, 0) is 0 Å². The van der Waals surface area contributed by atoms with Gasteiger partial charge in [-0.1, -0.05) is 64.1 Å². The van der Waals surface area contributed by atoms with Crippen molar-refractivity contribution in [2.45, 2.75) is 53.4 Å². The molecule has 0 fully saturated rings. The number of aryl methyl sites for hydroxylation is 2. The van der Waals surface area contributed by atoms with E-state index < -0.39 is 0 Å². The molecule has 3 aromatic heterocycles. The predicted molar refractivity (Wildman–Crippen MR) is 141 cm³/mol. The summed E-state index contributed by atoms with van der Waals surface area (Å²) in [6, 6.07) is 17.0. The summed E-state index contributed by atoms with van der Waals surface area (Å²) in [6.07, 6.45) is 12.3. The minimum Gasteiger partial charge on any atom is -0.236 e. The lowest BCUT2D eigenvalue weighted by Crippen LogP contribution is -2.33. The Labute approximate surface area is 213 Å². The molecule has 0 N–H and O–H groups in total. The van der Waals surface area contributed by atoms with Crippen LogP contribution >= 0.6 is 0 Å². The smallest absolute Gasteiger partial charge is 0.236 e. The summed E-state index contributed by atoms with van der Waals surface area (Å²) in [6.45, 7) is 13.2. The highest BCUT2D eigenvalue weighted by molar-refractivity contribution is 5.49. The Morgan fingerprint density at radius 1 is 0.611 bits per heavy atom. The Kier molecular flexibility index (Phi) is 6.27. The summed E-state index contributed by atoms with van der Waals surface area (Å²) in [7, 11) is 0. The molecule has 0 aliphatic heterocycles. The highest BCUT2D eigenvalue weighted by atomic mass is 15.3. The van der Waals surface area contributed by atoms with E-state index in [0.717, 1.165) is 11.6 Å². The van der Waals surface area contributed by atoms with E-state index in [-0.39, 0.29) is 0 Å². The van der Waals surface area contributed by atoms with Crippen LogP contribution in [0.4, 0.5) is 0 Å². The Morgan fingerprint density at radius 2 is 1.03 bits per heavy atom. The molecule has 0 aliphatic rings. The van der Waals surface area contributed by atoms with Crippen LogP contribution in [0.2, 0.25) is 0 Å². The first kappa shape index (κ1) is 23.7. The van der Waals surface area contributed by atoms with Crippen LogP contribution in [0.1, 0.15) is 61.8 Å². The fraction of sp³-hybridized carbons (Fsp3) is 0.267. The van der Waals surface area contributed by atoms with Crippen molar-refractivity contribution in [2.75, 3.05) is 0 Å². The largest absolute Gasteiger partial charge is 0.310 e. The number of nitrogens with zero attached hydrogens (tertiary/aromatic N) is 6. The number of hydrogen-bond donors (Lipinski definition) is 0. The molecule has 0 amide bonds. The SMILES string of the molecule is Cc1cccc(C(C)C)c1-n1cc[n+](-c2ccc(-[n+]3ccn(-c4c(C)cccc4C(C)C)c3)nn2)c1. The summed E-state index contributed by atoms with van der Waals surface area (Å²) in [5, 5.41) is 9.05. The molecule has 3 heterocycles. The van der Waals surface area contributed by atoms with Gasteiger partial charge in [0.2, 0.25) is 0 Å². The van der Waals surface area contributed by atoms with E-state index >= 15 is 0 Å². The lowest BCUT2D eigenvalue weighted by molar-refractivity contribution is -0.605. The molecule has 5 rings (SSSR count). The third kappa shape index (κ3) is 4.35. The summed E-state index contributed by atoms with van der Waals surface area (Å²) in [5.41, 5.74) is 7.61. The van der Waals surface area contributed by atoms with Gasteiger partial charge in [0.05, 0.1) is 22.6 Å². The Bertz CT molecular complexity index is 1390. The Hall–Kier alpha value is -4.06. The topological polar surface area (TPSA) is 43.4 Å². The number of benzene rings is 2. The Morgan fingerprint density at radius 3 is 1.39 bits per heavy atom. The minimum absolute atomic E-state index is 0.440. The van der Waals surface area contributed by atoms with E-state index in [9.17, 15) is 0 Å². The van der Waals surface area contributed by atoms with Gasteiger partial charge in [-0.25, -0.2) is 18.3 Å². The molecule has 0 unspecified atom stereocenters. The van der Waals surface area contributed by atoms with Gasteiger partial charge >= 0.3 is 11.6 Å². The standard InChI is InChI=1S/C30H34N6/c1-21(2)25-11-7-9-23(5)29(25)35-17-15-33(19-35)27-13-14-28(32-31-27)34-16-18-36(20-34)30-24(6)10-8-12-26(30)22(3)4/h7-22H,1-6H3/q+2. The molecule has 2 aromatic carbocycles. The first-order valence-corrected chi connectivity index (χ1v) is 12.6. The van der Waals surface area contributed by atoms with Crippen molar-refractivity contribution in [3.8, 4) is 23.0 Å². The van der Waals surface area contributed by atoms with E-state index in [0.29, 0.717) is 11.8 Å². The predicted octanol–water partition coefficient (Wildman–Crippen LogP) is 5.48. The Balaban J connectivity index is 1.43. The average molecular weight is 479 g/mol. The zero-order valence-corrected chi connectivity index (χ0v) is 21.9. The van der Waals surface area contributed by atoms with Gasteiger partial charge < -0.3 is 0 Å². The van der Waals surface area contributed by atoms with Gasteiger partial charge in [0.25, 0.3) is 0 Å². The van der Waals surface area contributed by atoms with Crippen LogP contribution in [0.25, 0.3) is 23.0 Å². The fourth-order valence-corrected chi connectivity index (χ4v) is 4.84. The number of hydrogen-bond acceptors (Lipinski definition) is 2. The van der Waals surface area contributed by atoms with Crippen LogP contribution in [0.15, 0.2) is 86.0 Å². The van der Waals surface area contributed by atoms with E-state index in [1.807, 2.05) is 33.7 Å². The molecule has 6 heteroatoms. The maximum absolute atomic E-state index is 4.53. The van der Waals surface area contributed by atoms with Gasteiger partial charge in [0.15, 0.2) is 12.7 Å². The zero-order valence-electron chi connectivity index (χ0n) is 21.9. The van der Waals surface area contributed by atoms with Crippen LogP contribution in [0.5, 0.6) is 0 Å². The summed E-state index contributed by atoms with van der Waals surface area (Å²) >= 11 is 0. The van der Waals surface area contributed by atoms with E-state index in [2.05, 4.69) is 122 Å². The lowest BCUT2D eigenvalue weighted by atomic mass is 9.98. The zero-order chi connectivity index (χ0) is 25.4. The number of rotatable bonds is 6. The molecule has 0 saturated heterocycles. The van der Waals surface area contributed by atoms with Gasteiger partial charge in [-0.3, -0.25) is 0 Å². The summed E-state index contributed by atoms with van der Waals surface area (Å²) in [4.78, 5) is 0. The van der Waals surface area contributed by atoms with E-state index in [1.54, 1.807) is 0 Å². The first-order chi connectivity index (χ1) is 17.3. The highest BCUT2D eigenvalue weighted by Crippen LogP contribution is 2.27. The molecule has 0 bridgehead atoms. The molecule has 36 heavy (non-hydrogen) atoms. The quantitative estimate of drug-likeness (QED) is 0.304. The summed E-state index contributed by atoms with van der Waals surface area (Å²) < 4.78 is 8.35. The van der Waals surface area contributed by atoms with Gasteiger partial charge in [0, 0.05) is 12.1 Å². The first-order valence-electron chi connectivity index (χ1n) is 12.6. The van der Waals surface area contributed by atoms with Crippen LogP contribution < -0.4 is 9.13 Å². The van der Waals surface area contributed by atoms with E-state index in [1.165, 1.54) is 33.6 Å². The van der Waals surface area contributed by atoms with Crippen LogP contribution in [0, 0.1) is 13.8 Å². The van der Waals surface area contributed by atoms with Crippen molar-refractivity contribution < 1.29 is 9.13 Å². The second-order valence-electron chi connectivity index (χ2n) is 10.0. The molecule has 0 saturated carbocycles. The average Bonchev–Trinajstić information content (AvgIpc) is 3.54. The van der Waals surface area contributed by atoms with Crippen molar-refractivity contribution >= 4 is 0 Å². The third-order valence-electron chi connectivity index (χ3n) is 6.74. The molecule has 0 aliphatic carbocycles. The molecule has 182 valence electrons. The molecule has 0 spiro atoms. The number of para-hydroxylation sites is 2. The number of imidazole rings is 2. The van der Waals surface area contributed by atoms with Crippen molar-refractivity contribution in [2.24, 2.45) is 0 Å². The van der Waals surface area contributed by atoms with Crippen molar-refractivity contribution in [3.63, 3.8) is 0 Å². The second-order valence-corrected chi connectivity index (χ2v) is 10.0. The van der Waals surface area contributed by atoms with Gasteiger partial charge in [-0.05, 0) is 47.9 Å². The fourth-order valence-electron chi connectivity index (χ4n) is 4.84. The maximum atomic E-state index is 4.53. The molecule has 0 atom stereocenters. The van der Waals surface area contributed by atoms with Gasteiger partial charge in [-0.15, -0.1) is 0 Å². The monoisotopic (exact) mass is 478 g/mol. The summed E-state index contributed by atoms with van der Waals surface area (Å²) in [5.74, 6) is 2.43. The van der Waals surface area contributed by atoms with Gasteiger partial charge in [0.1, 0.15) is 23.8 Å². The number of aromatic nitrogens is 6. The third-order valence-corrected chi connectivity index (χ3v) is 6.74. The van der Waals surface area contributed by atoms with Crippen molar-refractivity contribution in [1.29, 1.82) is 0 Å². The second kappa shape index (κ2) is 9.53. The molecule has 6 nitrogen and oxygen atoms in total. The normalized spacial score (nSPS) is 11.6. The molecular weight excluding hydrogens is 444 g/mol. The van der Waals surface area contributed by atoms with Crippen LogP contribution in [-0.4, -0.2) is 19.3 Å². The van der Waals surface area contributed by atoms with Crippen molar-refractivity contribution in [3.05, 3.63) is 108 Å². The lowest BCUT2D eigenvalue weighted by Gasteiger charge is -2.13.